The van der Waals surface area contributed by atoms with Crippen LogP contribution in [0.4, 0.5) is 5.69 Å². The minimum absolute atomic E-state index is 0.689. The van der Waals surface area contributed by atoms with E-state index in [1.807, 2.05) is 18.2 Å². The number of hydrogen-bond donors (Lipinski definition) is 1. The Morgan fingerprint density at radius 3 is 2.59 bits per heavy atom. The van der Waals surface area contributed by atoms with E-state index < -0.39 is 0 Å². The van der Waals surface area contributed by atoms with Gasteiger partial charge >= 0.3 is 0 Å². The first-order valence-electron chi connectivity index (χ1n) is 5.85. The Morgan fingerprint density at radius 2 is 1.94 bits per heavy atom. The van der Waals surface area contributed by atoms with Crippen molar-refractivity contribution in [2.75, 3.05) is 39.3 Å². The molecule has 4 heteroatoms. The quantitative estimate of drug-likeness (QED) is 0.708. The third-order valence-corrected chi connectivity index (χ3v) is 2.32. The molecule has 96 valence electrons. The molecule has 0 saturated carbocycles. The van der Waals surface area contributed by atoms with Crippen LogP contribution in [0.25, 0.3) is 0 Å². The second kappa shape index (κ2) is 7.79. The molecule has 0 radical (unpaired) electrons. The molecule has 0 aliphatic rings. The van der Waals surface area contributed by atoms with Crippen LogP contribution in [0.1, 0.15) is 13.3 Å². The fraction of sp³-hybridized carbons (Fsp3) is 0.538. The fourth-order valence-corrected chi connectivity index (χ4v) is 1.46. The zero-order chi connectivity index (χ0) is 12.5. The van der Waals surface area contributed by atoms with E-state index in [-0.39, 0.29) is 0 Å². The van der Waals surface area contributed by atoms with E-state index >= 15 is 0 Å². The van der Waals surface area contributed by atoms with Gasteiger partial charge < -0.3 is 19.5 Å². The molecule has 0 atom stereocenters. The molecule has 0 heterocycles. The summed E-state index contributed by atoms with van der Waals surface area (Å²) in [6, 6.07) is 5.67. The van der Waals surface area contributed by atoms with E-state index in [9.17, 15) is 0 Å². The van der Waals surface area contributed by atoms with Crippen molar-refractivity contribution in [3.05, 3.63) is 18.2 Å². The van der Waals surface area contributed by atoms with Crippen LogP contribution in [0.5, 0.6) is 11.5 Å². The van der Waals surface area contributed by atoms with Crippen LogP contribution in [-0.4, -0.2) is 34.0 Å². The molecular formula is C13H21NO3. The predicted octanol–water partition coefficient (Wildman–Crippen LogP) is 2.54. The topological polar surface area (TPSA) is 39.7 Å². The molecule has 1 aromatic carbocycles. The second-order valence-electron chi connectivity index (χ2n) is 3.61. The van der Waals surface area contributed by atoms with Crippen LogP contribution < -0.4 is 14.8 Å². The van der Waals surface area contributed by atoms with Crippen LogP contribution in [0, 0.1) is 0 Å². The number of hydrogen-bond acceptors (Lipinski definition) is 4. The van der Waals surface area contributed by atoms with Crippen LogP contribution in [0.2, 0.25) is 0 Å². The van der Waals surface area contributed by atoms with Gasteiger partial charge in [-0.1, -0.05) is 6.92 Å². The largest absolute Gasteiger partial charge is 0.497 e. The lowest BCUT2D eigenvalue weighted by Crippen LogP contribution is -2.10. The van der Waals surface area contributed by atoms with Crippen molar-refractivity contribution in [3.63, 3.8) is 0 Å². The summed E-state index contributed by atoms with van der Waals surface area (Å²) < 4.78 is 15.8. The highest BCUT2D eigenvalue weighted by molar-refractivity contribution is 5.59. The highest BCUT2D eigenvalue weighted by Crippen LogP contribution is 2.28. The highest BCUT2D eigenvalue weighted by atomic mass is 16.5. The van der Waals surface area contributed by atoms with Gasteiger partial charge in [0.15, 0.2) is 0 Å². The molecular weight excluding hydrogens is 218 g/mol. The van der Waals surface area contributed by atoms with E-state index in [0.717, 1.165) is 36.8 Å². The number of rotatable bonds is 8. The van der Waals surface area contributed by atoms with Gasteiger partial charge in [-0.25, -0.2) is 0 Å². The first kappa shape index (κ1) is 13.6. The summed E-state index contributed by atoms with van der Waals surface area (Å²) in [6.07, 6.45) is 1.04. The van der Waals surface area contributed by atoms with Crippen LogP contribution in [0.15, 0.2) is 18.2 Å². The average Bonchev–Trinajstić information content (AvgIpc) is 2.38. The van der Waals surface area contributed by atoms with Gasteiger partial charge in [-0.3, -0.25) is 0 Å². The summed E-state index contributed by atoms with van der Waals surface area (Å²) in [5, 5.41) is 3.27. The molecule has 0 fully saturated rings. The van der Waals surface area contributed by atoms with E-state index in [1.165, 1.54) is 0 Å². The molecule has 1 aromatic rings. The SMILES string of the molecule is CCCOCCNc1cc(OC)ccc1OC. The number of ether oxygens (including phenoxy) is 3. The highest BCUT2D eigenvalue weighted by Gasteiger charge is 2.03. The Kier molecular flexibility index (Phi) is 6.25. The molecule has 4 nitrogen and oxygen atoms in total. The smallest absolute Gasteiger partial charge is 0.142 e. The first-order chi connectivity index (χ1) is 8.31. The summed E-state index contributed by atoms with van der Waals surface area (Å²) in [5.74, 6) is 1.61. The molecule has 0 aliphatic heterocycles. The van der Waals surface area contributed by atoms with Crippen molar-refractivity contribution in [1.82, 2.24) is 0 Å². The van der Waals surface area contributed by atoms with Crippen LogP contribution in [-0.2, 0) is 4.74 Å². The maximum absolute atomic E-state index is 5.40. The molecule has 0 aliphatic carbocycles. The van der Waals surface area contributed by atoms with Crippen molar-refractivity contribution in [1.29, 1.82) is 0 Å². The lowest BCUT2D eigenvalue weighted by Gasteiger charge is -2.12. The van der Waals surface area contributed by atoms with Gasteiger partial charge in [0.05, 0.1) is 26.5 Å². The molecule has 17 heavy (non-hydrogen) atoms. The molecule has 1 N–H and O–H groups in total. The Hall–Kier alpha value is -1.42. The maximum Gasteiger partial charge on any atom is 0.142 e. The number of anilines is 1. The van der Waals surface area contributed by atoms with E-state index in [2.05, 4.69) is 12.2 Å². The van der Waals surface area contributed by atoms with Gasteiger partial charge in [-0.15, -0.1) is 0 Å². The van der Waals surface area contributed by atoms with Crippen molar-refractivity contribution in [3.8, 4) is 11.5 Å². The third kappa shape index (κ3) is 4.53. The Balaban J connectivity index is 2.49. The summed E-state index contributed by atoms with van der Waals surface area (Å²) in [6.45, 7) is 4.34. The van der Waals surface area contributed by atoms with E-state index in [1.54, 1.807) is 14.2 Å². The van der Waals surface area contributed by atoms with Gasteiger partial charge in [-0.05, 0) is 18.6 Å². The zero-order valence-corrected chi connectivity index (χ0v) is 10.8. The minimum atomic E-state index is 0.689. The van der Waals surface area contributed by atoms with Gasteiger partial charge in [0.25, 0.3) is 0 Å². The molecule has 0 spiro atoms. The lowest BCUT2D eigenvalue weighted by atomic mass is 10.2. The summed E-state index contributed by atoms with van der Waals surface area (Å²) >= 11 is 0. The fourth-order valence-electron chi connectivity index (χ4n) is 1.46. The number of benzene rings is 1. The number of methoxy groups -OCH3 is 2. The van der Waals surface area contributed by atoms with Gasteiger partial charge in [-0.2, -0.15) is 0 Å². The molecule has 0 unspecified atom stereocenters. The number of nitrogens with one attached hydrogen (secondary N) is 1. The monoisotopic (exact) mass is 239 g/mol. The normalized spacial score (nSPS) is 10.1. The van der Waals surface area contributed by atoms with E-state index in [4.69, 9.17) is 14.2 Å². The zero-order valence-electron chi connectivity index (χ0n) is 10.8. The molecule has 0 saturated heterocycles. The van der Waals surface area contributed by atoms with Crippen LogP contribution >= 0.6 is 0 Å². The summed E-state index contributed by atoms with van der Waals surface area (Å²) in [7, 11) is 3.30. The Labute approximate surface area is 103 Å². The van der Waals surface area contributed by atoms with Crippen molar-refractivity contribution >= 4 is 5.69 Å². The van der Waals surface area contributed by atoms with Crippen LogP contribution in [0.3, 0.4) is 0 Å². The third-order valence-electron chi connectivity index (χ3n) is 2.32. The lowest BCUT2D eigenvalue weighted by molar-refractivity contribution is 0.144. The predicted molar refractivity (Wildman–Crippen MR) is 69.1 cm³/mol. The van der Waals surface area contributed by atoms with Crippen molar-refractivity contribution in [2.24, 2.45) is 0 Å². The molecule has 1 rings (SSSR count). The molecule has 0 bridgehead atoms. The Bertz CT molecular complexity index is 328. The standard InChI is InChI=1S/C13H21NO3/c1-4-8-17-9-7-14-12-10-11(15-2)5-6-13(12)16-3/h5-6,10,14H,4,7-9H2,1-3H3. The first-order valence-corrected chi connectivity index (χ1v) is 5.85. The van der Waals surface area contributed by atoms with Crippen molar-refractivity contribution < 1.29 is 14.2 Å². The van der Waals surface area contributed by atoms with Gasteiger partial charge in [0, 0.05) is 19.2 Å². The van der Waals surface area contributed by atoms with E-state index in [0.29, 0.717) is 6.61 Å². The Morgan fingerprint density at radius 1 is 1.12 bits per heavy atom. The average molecular weight is 239 g/mol. The molecule has 0 aromatic heterocycles. The second-order valence-corrected chi connectivity index (χ2v) is 3.61. The van der Waals surface area contributed by atoms with Crippen molar-refractivity contribution in [2.45, 2.75) is 13.3 Å². The van der Waals surface area contributed by atoms with Gasteiger partial charge in [0.1, 0.15) is 11.5 Å². The molecule has 0 amide bonds. The maximum atomic E-state index is 5.40. The summed E-state index contributed by atoms with van der Waals surface area (Å²) in [4.78, 5) is 0. The van der Waals surface area contributed by atoms with Gasteiger partial charge in [0.2, 0.25) is 0 Å². The minimum Gasteiger partial charge on any atom is -0.497 e. The summed E-state index contributed by atoms with van der Waals surface area (Å²) in [5.41, 5.74) is 0.923.